The lowest BCUT2D eigenvalue weighted by Crippen LogP contribution is -2.50. The summed E-state index contributed by atoms with van der Waals surface area (Å²) in [5.41, 5.74) is 1.43. The van der Waals surface area contributed by atoms with Gasteiger partial charge >= 0.3 is 0 Å². The number of piperidine rings is 1. The fraction of sp³-hybridized carbons (Fsp3) is 0.684. The van der Waals surface area contributed by atoms with Gasteiger partial charge in [0.25, 0.3) is 0 Å². The lowest BCUT2D eigenvalue weighted by Gasteiger charge is -2.43. The van der Waals surface area contributed by atoms with Gasteiger partial charge in [0.05, 0.1) is 0 Å². The van der Waals surface area contributed by atoms with Crippen LogP contribution in [0.2, 0.25) is 0 Å². The van der Waals surface area contributed by atoms with Gasteiger partial charge in [-0.3, -0.25) is 4.90 Å². The minimum absolute atomic E-state index is 0.443. The monoisotopic (exact) mass is 288 g/mol. The Morgan fingerprint density at radius 3 is 2.62 bits per heavy atom. The zero-order chi connectivity index (χ0) is 15.1. The number of rotatable bonds is 7. The molecule has 1 saturated heterocycles. The van der Waals surface area contributed by atoms with Crippen molar-refractivity contribution in [2.75, 3.05) is 13.1 Å². The molecule has 0 saturated carbocycles. The average Bonchev–Trinajstić information content (AvgIpc) is 2.56. The maximum absolute atomic E-state index is 3.79. The van der Waals surface area contributed by atoms with E-state index in [2.05, 4.69) is 61.3 Å². The maximum Gasteiger partial charge on any atom is 0.0475 e. The molecule has 1 aliphatic heterocycles. The summed E-state index contributed by atoms with van der Waals surface area (Å²) in [4.78, 5) is 2.75. The smallest absolute Gasteiger partial charge is 0.0475 e. The molecule has 1 aliphatic rings. The Labute approximate surface area is 130 Å². The molecule has 118 valence electrons. The Bertz CT molecular complexity index is 390. The number of nitrogens with one attached hydrogen (secondary N) is 1. The summed E-state index contributed by atoms with van der Waals surface area (Å²) >= 11 is 0. The highest BCUT2D eigenvalue weighted by molar-refractivity contribution is 5.20. The largest absolute Gasteiger partial charge is 0.309 e. The first-order valence-electron chi connectivity index (χ1n) is 8.82. The number of benzene rings is 1. The molecule has 3 unspecified atom stereocenters. The average molecular weight is 288 g/mol. The van der Waals surface area contributed by atoms with E-state index in [1.807, 2.05) is 0 Å². The van der Waals surface area contributed by atoms with Gasteiger partial charge in [-0.05, 0) is 51.3 Å². The van der Waals surface area contributed by atoms with Crippen LogP contribution in [0.1, 0.15) is 64.5 Å². The van der Waals surface area contributed by atoms with Crippen molar-refractivity contribution < 1.29 is 0 Å². The molecule has 0 aliphatic carbocycles. The van der Waals surface area contributed by atoms with Crippen LogP contribution in [-0.2, 0) is 0 Å². The van der Waals surface area contributed by atoms with Gasteiger partial charge in [0.1, 0.15) is 0 Å². The topological polar surface area (TPSA) is 15.3 Å². The minimum atomic E-state index is 0.443. The normalized spacial score (nSPS) is 22.9. The second-order valence-corrected chi connectivity index (χ2v) is 6.38. The number of hydrogen-bond donors (Lipinski definition) is 1. The molecule has 0 aromatic heterocycles. The molecule has 0 amide bonds. The van der Waals surface area contributed by atoms with Crippen molar-refractivity contribution in [2.24, 2.45) is 0 Å². The molecule has 1 aromatic carbocycles. The van der Waals surface area contributed by atoms with Gasteiger partial charge in [0.2, 0.25) is 0 Å². The predicted molar refractivity (Wildman–Crippen MR) is 91.6 cm³/mol. The van der Waals surface area contributed by atoms with E-state index in [9.17, 15) is 0 Å². The molecule has 2 rings (SSSR count). The van der Waals surface area contributed by atoms with E-state index in [0.717, 1.165) is 12.6 Å². The van der Waals surface area contributed by atoms with Crippen molar-refractivity contribution in [1.82, 2.24) is 10.2 Å². The van der Waals surface area contributed by atoms with Gasteiger partial charge in [0, 0.05) is 18.1 Å². The molecule has 1 fully saturated rings. The first-order chi connectivity index (χ1) is 10.3. The van der Waals surface area contributed by atoms with Gasteiger partial charge in [-0.15, -0.1) is 0 Å². The van der Waals surface area contributed by atoms with Crippen LogP contribution >= 0.6 is 0 Å². The second-order valence-electron chi connectivity index (χ2n) is 6.38. The number of likely N-dealkylation sites (tertiary alicyclic amines) is 1. The van der Waals surface area contributed by atoms with Crippen LogP contribution in [0.3, 0.4) is 0 Å². The quantitative estimate of drug-likeness (QED) is 0.801. The summed E-state index contributed by atoms with van der Waals surface area (Å²) in [5.74, 6) is 0. The Hall–Kier alpha value is -0.860. The van der Waals surface area contributed by atoms with E-state index in [-0.39, 0.29) is 0 Å². The molecule has 0 bridgehead atoms. The minimum Gasteiger partial charge on any atom is -0.309 e. The van der Waals surface area contributed by atoms with Crippen molar-refractivity contribution >= 4 is 0 Å². The maximum atomic E-state index is 3.79. The molecule has 1 heterocycles. The highest BCUT2D eigenvalue weighted by Gasteiger charge is 2.30. The van der Waals surface area contributed by atoms with Crippen LogP contribution in [0.25, 0.3) is 0 Å². The SMILES string of the molecule is CCCNC(c1ccccc1)C(C)N1CCCCC1CC. The van der Waals surface area contributed by atoms with E-state index in [1.165, 1.54) is 44.2 Å². The molecule has 0 radical (unpaired) electrons. The summed E-state index contributed by atoms with van der Waals surface area (Å²) in [5, 5.41) is 3.79. The van der Waals surface area contributed by atoms with Crippen LogP contribution < -0.4 is 5.32 Å². The fourth-order valence-corrected chi connectivity index (χ4v) is 3.72. The predicted octanol–water partition coefficient (Wildman–Crippen LogP) is 4.38. The van der Waals surface area contributed by atoms with Crippen LogP contribution in [-0.4, -0.2) is 30.1 Å². The third-order valence-electron chi connectivity index (χ3n) is 4.92. The van der Waals surface area contributed by atoms with E-state index in [4.69, 9.17) is 0 Å². The van der Waals surface area contributed by atoms with Crippen molar-refractivity contribution in [1.29, 1.82) is 0 Å². The lowest BCUT2D eigenvalue weighted by atomic mass is 9.93. The van der Waals surface area contributed by atoms with E-state index < -0.39 is 0 Å². The third-order valence-corrected chi connectivity index (χ3v) is 4.92. The lowest BCUT2D eigenvalue weighted by molar-refractivity contribution is 0.0784. The first-order valence-corrected chi connectivity index (χ1v) is 8.82. The molecular weight excluding hydrogens is 256 g/mol. The second kappa shape index (κ2) is 8.55. The molecule has 2 heteroatoms. The van der Waals surface area contributed by atoms with Crippen LogP contribution in [0.5, 0.6) is 0 Å². The Balaban J connectivity index is 2.14. The zero-order valence-corrected chi connectivity index (χ0v) is 14.0. The van der Waals surface area contributed by atoms with Crippen LogP contribution in [0, 0.1) is 0 Å². The summed E-state index contributed by atoms with van der Waals surface area (Å²) in [6.07, 6.45) is 6.60. The van der Waals surface area contributed by atoms with Gasteiger partial charge < -0.3 is 5.32 Å². The molecule has 0 spiro atoms. The van der Waals surface area contributed by atoms with Crippen molar-refractivity contribution in [3.05, 3.63) is 35.9 Å². The number of nitrogens with zero attached hydrogens (tertiary/aromatic N) is 1. The van der Waals surface area contributed by atoms with Crippen molar-refractivity contribution in [2.45, 2.75) is 71.0 Å². The zero-order valence-electron chi connectivity index (χ0n) is 14.0. The molecular formula is C19H32N2. The molecule has 1 N–H and O–H groups in total. The highest BCUT2D eigenvalue weighted by atomic mass is 15.2. The molecule has 1 aromatic rings. The Morgan fingerprint density at radius 2 is 1.95 bits per heavy atom. The summed E-state index contributed by atoms with van der Waals surface area (Å²) in [6.45, 7) is 9.35. The number of hydrogen-bond acceptors (Lipinski definition) is 2. The Morgan fingerprint density at radius 1 is 1.19 bits per heavy atom. The molecule has 3 atom stereocenters. The molecule has 21 heavy (non-hydrogen) atoms. The van der Waals surface area contributed by atoms with Gasteiger partial charge in [-0.25, -0.2) is 0 Å². The van der Waals surface area contributed by atoms with E-state index in [0.29, 0.717) is 12.1 Å². The first kappa shape index (κ1) is 16.5. The summed E-state index contributed by atoms with van der Waals surface area (Å²) in [6, 6.07) is 12.8. The van der Waals surface area contributed by atoms with Gasteiger partial charge in [-0.2, -0.15) is 0 Å². The Kier molecular flexibility index (Phi) is 6.72. The van der Waals surface area contributed by atoms with E-state index in [1.54, 1.807) is 0 Å². The van der Waals surface area contributed by atoms with Crippen molar-refractivity contribution in [3.63, 3.8) is 0 Å². The highest BCUT2D eigenvalue weighted by Crippen LogP contribution is 2.28. The van der Waals surface area contributed by atoms with Gasteiger partial charge in [-0.1, -0.05) is 50.6 Å². The van der Waals surface area contributed by atoms with Gasteiger partial charge in [0.15, 0.2) is 0 Å². The summed E-state index contributed by atoms with van der Waals surface area (Å²) < 4.78 is 0. The standard InChI is InChI=1S/C19H32N2/c1-4-14-20-19(17-11-7-6-8-12-17)16(3)21-15-10-9-13-18(21)5-2/h6-8,11-12,16,18-20H,4-5,9-10,13-15H2,1-3H3. The summed E-state index contributed by atoms with van der Waals surface area (Å²) in [7, 11) is 0. The fourth-order valence-electron chi connectivity index (χ4n) is 3.72. The van der Waals surface area contributed by atoms with Crippen LogP contribution in [0.4, 0.5) is 0 Å². The van der Waals surface area contributed by atoms with E-state index >= 15 is 0 Å². The van der Waals surface area contributed by atoms with Crippen LogP contribution in [0.15, 0.2) is 30.3 Å². The van der Waals surface area contributed by atoms with Crippen molar-refractivity contribution in [3.8, 4) is 0 Å². The third kappa shape index (κ3) is 4.31. The molecule has 2 nitrogen and oxygen atoms in total.